The number of amides is 2. The van der Waals surface area contributed by atoms with Gasteiger partial charge in [0.2, 0.25) is 11.8 Å². The number of Topliss-reactive ketones (excluding diaryl/α,β-unsaturated/α-hetero) is 1. The fraction of sp³-hybridized carbons (Fsp3) is 0.820. The minimum atomic E-state index is -1.49. The molecule has 1 rings (SSSR count). The van der Waals surface area contributed by atoms with Gasteiger partial charge in [-0.1, -0.05) is 89.9 Å². The predicted octanol–water partition coefficient (Wildman–Crippen LogP) is 6.74. The van der Waals surface area contributed by atoms with Gasteiger partial charge in [0.1, 0.15) is 31.2 Å². The van der Waals surface area contributed by atoms with E-state index in [4.69, 9.17) is 37.9 Å². The number of ketones is 1. The lowest BCUT2D eigenvalue weighted by Gasteiger charge is -2.45. The van der Waals surface area contributed by atoms with E-state index in [1.54, 1.807) is 0 Å². The topological polar surface area (TPSA) is 252 Å². The summed E-state index contributed by atoms with van der Waals surface area (Å²) < 4.78 is 45.1. The summed E-state index contributed by atoms with van der Waals surface area (Å²) in [5.41, 5.74) is 0. The highest BCUT2D eigenvalue weighted by Crippen LogP contribution is 2.32. The van der Waals surface area contributed by atoms with Crippen molar-refractivity contribution >= 4 is 53.4 Å². The summed E-state index contributed by atoms with van der Waals surface area (Å²) in [5.74, 6) is -4.21. The smallest absolute Gasteiger partial charge is 0.303 e. The van der Waals surface area contributed by atoms with Crippen LogP contribution in [0.1, 0.15) is 197 Å². The van der Waals surface area contributed by atoms with Crippen LogP contribution < -0.4 is 10.6 Å². The van der Waals surface area contributed by atoms with Crippen molar-refractivity contribution < 1.29 is 81.0 Å². The molecule has 0 saturated carbocycles. The average molecular weight is 985 g/mol. The second kappa shape index (κ2) is 36.3. The Morgan fingerprint density at radius 1 is 0.464 bits per heavy atom. The highest BCUT2D eigenvalue weighted by atomic mass is 16.7. The molecule has 0 aliphatic carbocycles. The van der Waals surface area contributed by atoms with Crippen LogP contribution in [0.3, 0.4) is 0 Å². The van der Waals surface area contributed by atoms with E-state index in [1.807, 2.05) is 6.92 Å². The van der Waals surface area contributed by atoms with Crippen molar-refractivity contribution in [1.82, 2.24) is 10.6 Å². The molecular formula is C50H84N2O17. The molecular weight excluding hydrogens is 901 g/mol. The molecule has 19 heteroatoms. The van der Waals surface area contributed by atoms with Crippen molar-refractivity contribution in [3.05, 3.63) is 0 Å². The maximum Gasteiger partial charge on any atom is 0.303 e. The van der Waals surface area contributed by atoms with E-state index >= 15 is 0 Å². The minimum Gasteiger partial charge on any atom is -0.464 e. The molecule has 0 aromatic carbocycles. The predicted molar refractivity (Wildman–Crippen MR) is 252 cm³/mol. The van der Waals surface area contributed by atoms with Crippen LogP contribution in [-0.4, -0.2) is 122 Å². The largest absolute Gasteiger partial charge is 0.464 e. The highest BCUT2D eigenvalue weighted by molar-refractivity contribution is 5.78. The Balaban J connectivity index is 2.59. The van der Waals surface area contributed by atoms with E-state index < -0.39 is 85.2 Å². The molecule has 396 valence electrons. The lowest BCUT2D eigenvalue weighted by Crippen LogP contribution is -2.64. The number of hydrogen-bond donors (Lipinski definition) is 2. The van der Waals surface area contributed by atoms with E-state index in [-0.39, 0.29) is 30.6 Å². The van der Waals surface area contributed by atoms with Crippen LogP contribution in [0.2, 0.25) is 0 Å². The van der Waals surface area contributed by atoms with E-state index in [0.29, 0.717) is 37.9 Å². The van der Waals surface area contributed by atoms with Crippen molar-refractivity contribution in [2.24, 2.45) is 0 Å². The Labute approximate surface area is 409 Å². The Kier molecular flexibility index (Phi) is 32.8. The Morgan fingerprint density at radius 2 is 0.884 bits per heavy atom. The van der Waals surface area contributed by atoms with Gasteiger partial charge >= 0.3 is 35.8 Å². The average Bonchev–Trinajstić information content (AvgIpc) is 3.24. The molecule has 0 aromatic rings. The van der Waals surface area contributed by atoms with Gasteiger partial charge in [0.05, 0.1) is 18.2 Å². The van der Waals surface area contributed by atoms with Crippen LogP contribution in [0.25, 0.3) is 0 Å². The molecule has 1 saturated heterocycles. The Hall–Kier alpha value is -4.65. The first kappa shape index (κ1) is 62.4. The van der Waals surface area contributed by atoms with Gasteiger partial charge in [-0.15, -0.1) is 0 Å². The molecule has 0 spiro atoms. The molecule has 0 bridgehead atoms. The second-order valence-electron chi connectivity index (χ2n) is 18.1. The fourth-order valence-corrected chi connectivity index (χ4v) is 8.34. The van der Waals surface area contributed by atoms with Crippen molar-refractivity contribution in [3.63, 3.8) is 0 Å². The van der Waals surface area contributed by atoms with E-state index in [0.717, 1.165) is 124 Å². The molecule has 2 N–H and O–H groups in total. The van der Waals surface area contributed by atoms with Crippen LogP contribution >= 0.6 is 0 Å². The number of hydrogen-bond acceptors (Lipinski definition) is 17. The van der Waals surface area contributed by atoms with Crippen LogP contribution in [0.4, 0.5) is 0 Å². The molecule has 0 radical (unpaired) electrons. The molecule has 2 amide bonds. The summed E-state index contributed by atoms with van der Waals surface area (Å²) in [6.07, 6.45) is 10.9. The van der Waals surface area contributed by atoms with Crippen LogP contribution in [0, 0.1) is 0 Å². The third-order valence-corrected chi connectivity index (χ3v) is 11.5. The van der Waals surface area contributed by atoms with Crippen LogP contribution in [0.5, 0.6) is 0 Å². The summed E-state index contributed by atoms with van der Waals surface area (Å²) in [5, 5.41) is 5.58. The summed E-state index contributed by atoms with van der Waals surface area (Å²) in [7, 11) is 0. The standard InChI is InChI=1S/C50H84N2O17/c1-33(51-34(2)53)44(64-38(6)57)29-25-22-18-20-24-28-42(61)27-23-19-16-14-12-10-11-13-15-17-21-26-30-45(43(52-35(3)54)31-62-36(4)55)68-50-49(67-41(9)60)48(66-40(8)59)47(65-39(7)58)46(69-50)32-63-37(5)56/h33,43-50H,10-32H2,1-9H3,(H,51,53)(H,52,54)/t33-,43-,44-,45-,46-,47+,48+,49-,50-/m1/s1. The first-order chi connectivity index (χ1) is 32.7. The van der Waals surface area contributed by atoms with E-state index in [1.165, 1.54) is 34.6 Å². The number of unbranched alkanes of at least 4 members (excludes halogenated alkanes) is 15. The van der Waals surface area contributed by atoms with Gasteiger partial charge < -0.3 is 48.5 Å². The van der Waals surface area contributed by atoms with E-state index in [9.17, 15) is 43.2 Å². The summed E-state index contributed by atoms with van der Waals surface area (Å²) in [6.45, 7) is 11.0. The number of ether oxygens (including phenoxy) is 8. The molecule has 0 aromatic heterocycles. The number of nitrogens with one attached hydrogen (secondary N) is 2. The van der Waals surface area contributed by atoms with Crippen LogP contribution in [0.15, 0.2) is 0 Å². The summed E-state index contributed by atoms with van der Waals surface area (Å²) in [4.78, 5) is 108. The number of rotatable bonds is 37. The SMILES string of the molecule is CC(=O)N[C@H](C)[C@@H](CCCCCCCC(=O)CCCCCCCCCCCCCC[C@@H](O[C@@H]1O[C@H](COC(C)=O)[C@H](OC(C)=O)[C@H](OC(C)=O)[C@H]1OC(C)=O)[C@@H](COC(C)=O)NC(C)=O)OC(C)=O. The quantitative estimate of drug-likeness (QED) is 0.0371. The Bertz CT molecular complexity index is 1590. The van der Waals surface area contributed by atoms with Gasteiger partial charge in [0.25, 0.3) is 0 Å². The number of carbonyl (C=O) groups is 9. The van der Waals surface area contributed by atoms with Crippen molar-refractivity contribution in [1.29, 1.82) is 0 Å². The Morgan fingerprint density at radius 3 is 1.32 bits per heavy atom. The lowest BCUT2D eigenvalue weighted by atomic mass is 9.97. The molecule has 1 heterocycles. The lowest BCUT2D eigenvalue weighted by molar-refractivity contribution is -0.319. The van der Waals surface area contributed by atoms with Crippen molar-refractivity contribution in [2.45, 2.75) is 252 Å². The third-order valence-electron chi connectivity index (χ3n) is 11.5. The maximum atomic E-state index is 12.4. The van der Waals surface area contributed by atoms with Crippen molar-refractivity contribution in [2.75, 3.05) is 13.2 Å². The summed E-state index contributed by atoms with van der Waals surface area (Å²) in [6, 6.07) is -1.12. The maximum absolute atomic E-state index is 12.4. The first-order valence-corrected chi connectivity index (χ1v) is 25.0. The zero-order chi connectivity index (χ0) is 51.7. The fourth-order valence-electron chi connectivity index (χ4n) is 8.34. The van der Waals surface area contributed by atoms with Gasteiger partial charge in [-0.05, 0) is 39.0 Å². The minimum absolute atomic E-state index is 0.155. The zero-order valence-corrected chi connectivity index (χ0v) is 42.9. The molecule has 0 unspecified atom stereocenters. The molecule has 69 heavy (non-hydrogen) atoms. The first-order valence-electron chi connectivity index (χ1n) is 25.0. The van der Waals surface area contributed by atoms with Gasteiger partial charge in [0, 0.05) is 68.2 Å². The number of esters is 6. The second-order valence-corrected chi connectivity index (χ2v) is 18.1. The molecule has 19 nitrogen and oxygen atoms in total. The molecule has 1 aliphatic rings. The molecule has 1 fully saturated rings. The van der Waals surface area contributed by atoms with Gasteiger partial charge in [0.15, 0.2) is 24.6 Å². The zero-order valence-electron chi connectivity index (χ0n) is 42.9. The van der Waals surface area contributed by atoms with E-state index in [2.05, 4.69) is 10.6 Å². The van der Waals surface area contributed by atoms with Gasteiger partial charge in [-0.3, -0.25) is 43.2 Å². The summed E-state index contributed by atoms with van der Waals surface area (Å²) >= 11 is 0. The van der Waals surface area contributed by atoms with Gasteiger partial charge in [-0.25, -0.2) is 0 Å². The van der Waals surface area contributed by atoms with Crippen LogP contribution in [-0.2, 0) is 81.0 Å². The molecule has 1 aliphatic heterocycles. The number of carbonyl (C=O) groups excluding carboxylic acids is 9. The molecule has 9 atom stereocenters. The third kappa shape index (κ3) is 30.5. The monoisotopic (exact) mass is 985 g/mol. The van der Waals surface area contributed by atoms with Gasteiger partial charge in [-0.2, -0.15) is 0 Å². The van der Waals surface area contributed by atoms with Crippen molar-refractivity contribution in [3.8, 4) is 0 Å². The highest BCUT2D eigenvalue weighted by Gasteiger charge is 2.53. The normalized spacial score (nSPS) is 19.4.